The van der Waals surface area contributed by atoms with E-state index in [4.69, 9.17) is 13.7 Å². The van der Waals surface area contributed by atoms with Gasteiger partial charge in [-0.25, -0.2) is 0 Å². The molecule has 1 aliphatic rings. The molecular weight excluding hydrogens is 451 g/mol. The lowest BCUT2D eigenvalue weighted by molar-refractivity contribution is 0.00578. The van der Waals surface area contributed by atoms with Crippen molar-refractivity contribution in [2.75, 3.05) is 0 Å². The monoisotopic (exact) mass is 476 g/mol. The lowest BCUT2D eigenvalue weighted by Crippen LogP contribution is -2.41. The van der Waals surface area contributed by atoms with Gasteiger partial charge in [-0.2, -0.15) is 0 Å². The maximum atomic E-state index is 6.55. The summed E-state index contributed by atoms with van der Waals surface area (Å²) in [4.78, 5) is 0. The highest BCUT2D eigenvalue weighted by atomic mass is 32.1. The van der Waals surface area contributed by atoms with Crippen molar-refractivity contribution in [3.8, 4) is 11.1 Å². The van der Waals surface area contributed by atoms with Gasteiger partial charge >= 0.3 is 7.12 Å². The van der Waals surface area contributed by atoms with Gasteiger partial charge in [0.05, 0.1) is 11.2 Å². The molecule has 0 amide bonds. The second-order valence-electron chi connectivity index (χ2n) is 10.4. The first kappa shape index (κ1) is 21.2. The number of hydrogen-bond acceptors (Lipinski definition) is 4. The fraction of sp³-hybridized carbons (Fsp3) is 0.200. The van der Waals surface area contributed by atoms with Crippen LogP contribution >= 0.6 is 11.3 Å². The predicted molar refractivity (Wildman–Crippen MR) is 148 cm³/mol. The fourth-order valence-electron chi connectivity index (χ4n) is 5.21. The van der Waals surface area contributed by atoms with E-state index in [0.29, 0.717) is 0 Å². The van der Waals surface area contributed by atoms with Crippen LogP contribution in [-0.2, 0) is 9.31 Å². The number of fused-ring (bicyclic) bond motifs is 6. The summed E-state index contributed by atoms with van der Waals surface area (Å²) >= 11 is 1.83. The van der Waals surface area contributed by atoms with Gasteiger partial charge in [-0.05, 0) is 68.6 Å². The van der Waals surface area contributed by atoms with E-state index in [1.54, 1.807) is 0 Å². The molecule has 0 spiro atoms. The summed E-state index contributed by atoms with van der Waals surface area (Å²) in [5.41, 5.74) is 4.18. The third kappa shape index (κ3) is 3.05. The molecule has 6 aromatic rings. The highest BCUT2D eigenvalue weighted by molar-refractivity contribution is 7.25. The number of rotatable bonds is 2. The third-order valence-electron chi connectivity index (χ3n) is 7.73. The van der Waals surface area contributed by atoms with E-state index in [0.717, 1.165) is 33.0 Å². The zero-order valence-corrected chi connectivity index (χ0v) is 21.0. The van der Waals surface area contributed by atoms with E-state index in [1.165, 1.54) is 25.7 Å². The van der Waals surface area contributed by atoms with Crippen LogP contribution in [0.5, 0.6) is 0 Å². The van der Waals surface area contributed by atoms with Crippen molar-refractivity contribution in [3.05, 3.63) is 78.9 Å². The summed E-state index contributed by atoms with van der Waals surface area (Å²) in [7, 11) is -0.484. The summed E-state index contributed by atoms with van der Waals surface area (Å²) in [6.45, 7) is 8.39. The van der Waals surface area contributed by atoms with Crippen LogP contribution in [0.2, 0.25) is 0 Å². The molecule has 0 radical (unpaired) electrons. The Morgan fingerprint density at radius 3 is 2.14 bits per heavy atom. The first-order valence-corrected chi connectivity index (χ1v) is 12.9. The van der Waals surface area contributed by atoms with Crippen LogP contribution in [0.15, 0.2) is 83.3 Å². The minimum atomic E-state index is -0.484. The molecule has 0 aliphatic carbocycles. The van der Waals surface area contributed by atoms with Gasteiger partial charge in [0.25, 0.3) is 0 Å². The van der Waals surface area contributed by atoms with Gasteiger partial charge in [0, 0.05) is 30.9 Å². The Labute approximate surface area is 208 Å². The molecule has 172 valence electrons. The van der Waals surface area contributed by atoms with Crippen LogP contribution in [0.3, 0.4) is 0 Å². The van der Waals surface area contributed by atoms with Gasteiger partial charge in [-0.1, -0.05) is 54.6 Å². The van der Waals surface area contributed by atoms with Crippen molar-refractivity contribution in [1.82, 2.24) is 0 Å². The zero-order valence-electron chi connectivity index (χ0n) is 20.2. The lowest BCUT2D eigenvalue weighted by atomic mass is 9.75. The summed E-state index contributed by atoms with van der Waals surface area (Å²) in [5.74, 6) is 0. The SMILES string of the molecule is CC1(C)OB(c2cc(-c3cccc4sc5ccccc5c34)cc3oc4ccccc4c23)OC1(C)C. The number of benzene rings is 4. The molecule has 7 rings (SSSR count). The second kappa shape index (κ2) is 7.20. The normalized spacial score (nSPS) is 17.3. The van der Waals surface area contributed by atoms with Crippen LogP contribution in [0.1, 0.15) is 27.7 Å². The number of thiophene rings is 1. The van der Waals surface area contributed by atoms with Crippen molar-refractivity contribution < 1.29 is 13.7 Å². The standard InChI is InChI=1S/C30H25BO3S/c1-29(2)30(3,4)34-31(33-29)22-16-18(17-24-28(22)20-10-5-7-13-23(20)32-24)19-12-9-15-26-27(19)21-11-6-8-14-25(21)35-26/h5-17H,1-4H3. The first-order valence-electron chi connectivity index (χ1n) is 12.0. The molecule has 4 aromatic carbocycles. The summed E-state index contributed by atoms with van der Waals surface area (Å²) in [5, 5.41) is 4.71. The van der Waals surface area contributed by atoms with Crippen LogP contribution in [0, 0.1) is 0 Å². The van der Waals surface area contributed by atoms with E-state index >= 15 is 0 Å². The molecule has 0 unspecified atom stereocenters. The minimum Gasteiger partial charge on any atom is -0.456 e. The van der Waals surface area contributed by atoms with Crippen molar-refractivity contribution >= 4 is 66.0 Å². The Kier molecular flexibility index (Phi) is 4.36. The highest BCUT2D eigenvalue weighted by Crippen LogP contribution is 2.42. The van der Waals surface area contributed by atoms with Crippen molar-refractivity contribution in [3.63, 3.8) is 0 Å². The maximum Gasteiger partial charge on any atom is 0.495 e. The van der Waals surface area contributed by atoms with E-state index in [9.17, 15) is 0 Å². The molecule has 0 bridgehead atoms. The molecule has 5 heteroatoms. The van der Waals surface area contributed by atoms with Gasteiger partial charge in [-0.15, -0.1) is 11.3 Å². The van der Waals surface area contributed by atoms with Gasteiger partial charge < -0.3 is 13.7 Å². The molecule has 0 saturated carbocycles. The Morgan fingerprint density at radius 2 is 1.34 bits per heavy atom. The quantitative estimate of drug-likeness (QED) is 0.238. The van der Waals surface area contributed by atoms with Crippen molar-refractivity contribution in [2.45, 2.75) is 38.9 Å². The van der Waals surface area contributed by atoms with Gasteiger partial charge in [0.15, 0.2) is 0 Å². The van der Waals surface area contributed by atoms with Crippen LogP contribution in [0.25, 0.3) is 53.2 Å². The molecule has 1 fully saturated rings. The number of hydrogen-bond donors (Lipinski definition) is 0. The maximum absolute atomic E-state index is 6.55. The fourth-order valence-corrected chi connectivity index (χ4v) is 6.35. The number of para-hydroxylation sites is 1. The number of furan rings is 1. The molecule has 3 heterocycles. The third-order valence-corrected chi connectivity index (χ3v) is 8.87. The van der Waals surface area contributed by atoms with Crippen LogP contribution in [0.4, 0.5) is 0 Å². The summed E-state index contributed by atoms with van der Waals surface area (Å²) in [6.07, 6.45) is 0. The summed E-state index contributed by atoms with van der Waals surface area (Å²) < 4.78 is 22.1. The predicted octanol–water partition coefficient (Wildman–Crippen LogP) is 7.92. The molecule has 1 saturated heterocycles. The average molecular weight is 476 g/mol. The van der Waals surface area contributed by atoms with E-state index in [-0.39, 0.29) is 0 Å². The van der Waals surface area contributed by atoms with E-state index < -0.39 is 18.3 Å². The van der Waals surface area contributed by atoms with Crippen LogP contribution in [-0.4, -0.2) is 18.3 Å². The van der Waals surface area contributed by atoms with E-state index in [2.05, 4.69) is 94.4 Å². The molecule has 2 aromatic heterocycles. The molecule has 3 nitrogen and oxygen atoms in total. The Hall–Kier alpha value is -3.12. The van der Waals surface area contributed by atoms with Crippen LogP contribution < -0.4 is 5.46 Å². The molecule has 1 aliphatic heterocycles. The first-order chi connectivity index (χ1) is 16.8. The highest BCUT2D eigenvalue weighted by Gasteiger charge is 2.52. The molecule has 0 atom stereocenters. The summed E-state index contributed by atoms with van der Waals surface area (Å²) in [6, 6.07) is 27.8. The van der Waals surface area contributed by atoms with Crippen molar-refractivity contribution in [1.29, 1.82) is 0 Å². The Balaban J connectivity index is 1.54. The van der Waals surface area contributed by atoms with E-state index in [1.807, 2.05) is 23.5 Å². The zero-order chi connectivity index (χ0) is 23.9. The topological polar surface area (TPSA) is 31.6 Å². The van der Waals surface area contributed by atoms with Gasteiger partial charge in [-0.3, -0.25) is 0 Å². The average Bonchev–Trinajstić information content (AvgIpc) is 3.46. The van der Waals surface area contributed by atoms with Gasteiger partial charge in [0.2, 0.25) is 0 Å². The lowest BCUT2D eigenvalue weighted by Gasteiger charge is -2.32. The Bertz CT molecular complexity index is 1760. The Morgan fingerprint density at radius 1 is 0.657 bits per heavy atom. The van der Waals surface area contributed by atoms with Crippen molar-refractivity contribution in [2.24, 2.45) is 0 Å². The molecule has 0 N–H and O–H groups in total. The minimum absolute atomic E-state index is 0.427. The smallest absolute Gasteiger partial charge is 0.456 e. The van der Waals surface area contributed by atoms with Gasteiger partial charge in [0.1, 0.15) is 11.2 Å². The molecular formula is C30H25BO3S. The largest absolute Gasteiger partial charge is 0.495 e. The second-order valence-corrected chi connectivity index (χ2v) is 11.5. The molecule has 35 heavy (non-hydrogen) atoms.